The normalized spacial score (nSPS) is 10.2. The molecule has 1 aromatic heterocycles. The molecule has 0 bridgehead atoms. The average molecular weight is 318 g/mol. The van der Waals surface area contributed by atoms with Crippen molar-refractivity contribution in [1.29, 1.82) is 5.26 Å². The minimum Gasteiger partial charge on any atom is -0.339 e. The molecule has 0 fully saturated rings. The van der Waals surface area contributed by atoms with Crippen molar-refractivity contribution < 1.29 is 9.32 Å². The van der Waals surface area contributed by atoms with Gasteiger partial charge in [0.2, 0.25) is 11.7 Å². The van der Waals surface area contributed by atoms with E-state index >= 15 is 0 Å². The number of aromatic nitrogens is 2. The van der Waals surface area contributed by atoms with E-state index in [2.05, 4.69) is 15.5 Å². The minimum absolute atomic E-state index is 0.251. The number of nitrogens with zero attached hydrogens (tertiary/aromatic N) is 3. The number of amides is 1. The molecule has 0 aliphatic rings. The van der Waals surface area contributed by atoms with E-state index in [1.54, 1.807) is 36.4 Å². The molecular formula is C18H14N4O2. The lowest BCUT2D eigenvalue weighted by Crippen LogP contribution is -2.11. The Labute approximate surface area is 138 Å². The van der Waals surface area contributed by atoms with Gasteiger partial charge in [0.25, 0.3) is 5.91 Å². The number of carbonyl (C=O) groups is 1. The van der Waals surface area contributed by atoms with Crippen molar-refractivity contribution >= 4 is 11.6 Å². The summed E-state index contributed by atoms with van der Waals surface area (Å²) in [6.45, 7) is 1.94. The number of carbonyl (C=O) groups excluding carboxylic acids is 1. The number of aryl methyl sites for hydroxylation is 1. The van der Waals surface area contributed by atoms with Crippen LogP contribution >= 0.6 is 0 Å². The van der Waals surface area contributed by atoms with Gasteiger partial charge in [-0.2, -0.15) is 10.2 Å². The molecule has 24 heavy (non-hydrogen) atoms. The van der Waals surface area contributed by atoms with Crippen LogP contribution in [0, 0.1) is 11.3 Å². The van der Waals surface area contributed by atoms with Crippen molar-refractivity contribution in [1.82, 2.24) is 10.1 Å². The SMILES string of the molecule is CCc1nc(-c2cccc(NC(=O)c3ccc(C#N)cc3)c2)no1. The Balaban J connectivity index is 1.78. The third-order valence-corrected chi connectivity index (χ3v) is 3.43. The Morgan fingerprint density at radius 1 is 1.25 bits per heavy atom. The van der Waals surface area contributed by atoms with Crippen molar-refractivity contribution in [2.45, 2.75) is 13.3 Å². The summed E-state index contributed by atoms with van der Waals surface area (Å²) in [5, 5.41) is 15.5. The van der Waals surface area contributed by atoms with Crippen LogP contribution in [0.5, 0.6) is 0 Å². The molecule has 0 unspecified atom stereocenters. The lowest BCUT2D eigenvalue weighted by molar-refractivity contribution is 0.102. The number of rotatable bonds is 4. The summed E-state index contributed by atoms with van der Waals surface area (Å²) in [6.07, 6.45) is 0.669. The van der Waals surface area contributed by atoms with E-state index in [1.165, 1.54) is 0 Å². The van der Waals surface area contributed by atoms with Crippen LogP contribution in [-0.4, -0.2) is 16.0 Å². The van der Waals surface area contributed by atoms with Gasteiger partial charge >= 0.3 is 0 Å². The highest BCUT2D eigenvalue weighted by atomic mass is 16.5. The van der Waals surface area contributed by atoms with Crippen molar-refractivity contribution in [3.63, 3.8) is 0 Å². The van der Waals surface area contributed by atoms with Crippen LogP contribution in [0.1, 0.15) is 28.7 Å². The molecular weight excluding hydrogens is 304 g/mol. The Hall–Kier alpha value is -3.46. The first kappa shape index (κ1) is 15.4. The summed E-state index contributed by atoms with van der Waals surface area (Å²) in [5.41, 5.74) is 2.38. The predicted octanol–water partition coefficient (Wildman–Crippen LogP) is 3.42. The molecule has 3 rings (SSSR count). The second-order valence-corrected chi connectivity index (χ2v) is 5.09. The maximum absolute atomic E-state index is 12.3. The zero-order valence-corrected chi connectivity index (χ0v) is 13.0. The Bertz CT molecular complexity index is 907. The first-order chi connectivity index (χ1) is 11.7. The molecule has 6 nitrogen and oxygen atoms in total. The smallest absolute Gasteiger partial charge is 0.255 e. The summed E-state index contributed by atoms with van der Waals surface area (Å²) in [4.78, 5) is 16.5. The van der Waals surface area contributed by atoms with Gasteiger partial charge in [-0.05, 0) is 36.4 Å². The predicted molar refractivity (Wildman–Crippen MR) is 88.2 cm³/mol. The molecule has 6 heteroatoms. The van der Waals surface area contributed by atoms with E-state index in [9.17, 15) is 4.79 Å². The molecule has 1 amide bonds. The standard InChI is InChI=1S/C18H14N4O2/c1-2-16-21-17(22-24-16)14-4-3-5-15(10-14)20-18(23)13-8-6-12(11-19)7-9-13/h3-10H,2H2,1H3,(H,20,23). The zero-order valence-electron chi connectivity index (χ0n) is 13.0. The molecule has 0 spiro atoms. The van der Waals surface area contributed by atoms with Gasteiger partial charge in [0.15, 0.2) is 0 Å². The molecule has 0 atom stereocenters. The number of anilines is 1. The fourth-order valence-corrected chi connectivity index (χ4v) is 2.15. The minimum atomic E-state index is -0.251. The summed E-state index contributed by atoms with van der Waals surface area (Å²) < 4.78 is 5.11. The molecule has 0 saturated carbocycles. The van der Waals surface area contributed by atoms with Gasteiger partial charge < -0.3 is 9.84 Å². The Kier molecular flexibility index (Phi) is 4.34. The Morgan fingerprint density at radius 2 is 2.04 bits per heavy atom. The molecule has 0 aliphatic heterocycles. The summed E-state index contributed by atoms with van der Waals surface area (Å²) >= 11 is 0. The van der Waals surface area contributed by atoms with Gasteiger partial charge in [0.1, 0.15) is 0 Å². The van der Waals surface area contributed by atoms with Crippen LogP contribution < -0.4 is 5.32 Å². The largest absolute Gasteiger partial charge is 0.339 e. The summed E-state index contributed by atoms with van der Waals surface area (Å²) in [5.74, 6) is 0.803. The monoisotopic (exact) mass is 318 g/mol. The van der Waals surface area contributed by atoms with Crippen LogP contribution in [0.2, 0.25) is 0 Å². The first-order valence-electron chi connectivity index (χ1n) is 7.44. The van der Waals surface area contributed by atoms with E-state index in [1.807, 2.05) is 25.1 Å². The highest BCUT2D eigenvalue weighted by Crippen LogP contribution is 2.20. The lowest BCUT2D eigenvalue weighted by Gasteiger charge is -2.06. The van der Waals surface area contributed by atoms with Crippen molar-refractivity contribution in [2.24, 2.45) is 0 Å². The number of benzene rings is 2. The fourth-order valence-electron chi connectivity index (χ4n) is 2.15. The second-order valence-electron chi connectivity index (χ2n) is 5.09. The van der Waals surface area contributed by atoms with Crippen molar-refractivity contribution in [3.05, 3.63) is 65.5 Å². The maximum atomic E-state index is 12.3. The topological polar surface area (TPSA) is 91.8 Å². The molecule has 2 aromatic carbocycles. The van der Waals surface area contributed by atoms with Gasteiger partial charge in [-0.25, -0.2) is 0 Å². The molecule has 0 aliphatic carbocycles. The number of hydrogen-bond donors (Lipinski definition) is 1. The van der Waals surface area contributed by atoms with Gasteiger partial charge in [0.05, 0.1) is 11.6 Å². The lowest BCUT2D eigenvalue weighted by atomic mass is 10.1. The molecule has 118 valence electrons. The number of hydrogen-bond acceptors (Lipinski definition) is 5. The van der Waals surface area contributed by atoms with Gasteiger partial charge in [0, 0.05) is 23.2 Å². The Morgan fingerprint density at radius 3 is 2.71 bits per heavy atom. The number of nitrogens with one attached hydrogen (secondary N) is 1. The van der Waals surface area contributed by atoms with E-state index in [4.69, 9.17) is 9.78 Å². The zero-order chi connectivity index (χ0) is 16.9. The quantitative estimate of drug-likeness (QED) is 0.795. The van der Waals surface area contributed by atoms with Crippen molar-refractivity contribution in [3.8, 4) is 17.5 Å². The molecule has 3 aromatic rings. The van der Waals surface area contributed by atoms with Crippen LogP contribution in [0.25, 0.3) is 11.4 Å². The van der Waals surface area contributed by atoms with Gasteiger partial charge in [-0.1, -0.05) is 24.2 Å². The average Bonchev–Trinajstić information content (AvgIpc) is 3.11. The van der Waals surface area contributed by atoms with Crippen molar-refractivity contribution in [2.75, 3.05) is 5.32 Å². The molecule has 0 saturated heterocycles. The highest BCUT2D eigenvalue weighted by Gasteiger charge is 2.10. The molecule has 1 N–H and O–H groups in total. The fraction of sp³-hybridized carbons (Fsp3) is 0.111. The van der Waals surface area contributed by atoms with Gasteiger partial charge in [-0.3, -0.25) is 4.79 Å². The maximum Gasteiger partial charge on any atom is 0.255 e. The van der Waals surface area contributed by atoms with Crippen LogP contribution in [0.15, 0.2) is 53.1 Å². The highest BCUT2D eigenvalue weighted by molar-refractivity contribution is 6.04. The van der Waals surface area contributed by atoms with E-state index in [0.29, 0.717) is 35.0 Å². The van der Waals surface area contributed by atoms with Gasteiger partial charge in [-0.15, -0.1) is 0 Å². The molecule has 1 heterocycles. The van der Waals surface area contributed by atoms with E-state index in [-0.39, 0.29) is 5.91 Å². The van der Waals surface area contributed by atoms with Crippen LogP contribution in [0.3, 0.4) is 0 Å². The summed E-state index contributed by atoms with van der Waals surface area (Å²) in [7, 11) is 0. The third-order valence-electron chi connectivity index (χ3n) is 3.43. The van der Waals surface area contributed by atoms with E-state index < -0.39 is 0 Å². The van der Waals surface area contributed by atoms with Crippen LogP contribution in [-0.2, 0) is 6.42 Å². The second kappa shape index (κ2) is 6.75. The van der Waals surface area contributed by atoms with Crippen LogP contribution in [0.4, 0.5) is 5.69 Å². The summed E-state index contributed by atoms with van der Waals surface area (Å²) in [6, 6.07) is 15.7. The molecule has 0 radical (unpaired) electrons. The van der Waals surface area contributed by atoms with E-state index in [0.717, 1.165) is 5.56 Å². The third kappa shape index (κ3) is 3.31. The first-order valence-corrected chi connectivity index (χ1v) is 7.44. The number of nitriles is 1.